The average molecular weight is 770 g/mol. The minimum Gasteiger partial charge on any atom is -0.455 e. The average Bonchev–Trinajstić information content (AvgIpc) is 3.87. The van der Waals surface area contributed by atoms with Crippen LogP contribution in [0.2, 0.25) is 0 Å². The van der Waals surface area contributed by atoms with E-state index in [1.54, 1.807) is 0 Å². The normalized spacial score (nSPS) is 14.3. The van der Waals surface area contributed by atoms with Gasteiger partial charge >= 0.3 is 0 Å². The third-order valence-electron chi connectivity index (χ3n) is 13.7. The molecule has 2 aliphatic carbocycles. The lowest BCUT2D eigenvalue weighted by Crippen LogP contribution is -2.18. The van der Waals surface area contributed by atoms with E-state index >= 15 is 0 Å². The zero-order valence-corrected chi connectivity index (χ0v) is 34.3. The highest BCUT2D eigenvalue weighted by Gasteiger charge is 2.39. The maximum absolute atomic E-state index is 6.75. The Morgan fingerprint density at radius 1 is 0.383 bits per heavy atom. The summed E-state index contributed by atoms with van der Waals surface area (Å²) < 4.78 is 6.75. The molecule has 2 aliphatic rings. The summed E-state index contributed by atoms with van der Waals surface area (Å²) in [5.41, 5.74) is 20.3. The Labute approximate surface area is 351 Å². The quantitative estimate of drug-likeness (QED) is 0.173. The molecule has 10 aromatic rings. The van der Waals surface area contributed by atoms with Crippen LogP contribution in [0, 0.1) is 0 Å². The predicted octanol–water partition coefficient (Wildman–Crippen LogP) is 16.2. The van der Waals surface area contributed by atoms with Gasteiger partial charge in [0.1, 0.15) is 11.2 Å². The van der Waals surface area contributed by atoms with Gasteiger partial charge in [-0.2, -0.15) is 0 Å². The van der Waals surface area contributed by atoms with Gasteiger partial charge in [0.15, 0.2) is 0 Å². The van der Waals surface area contributed by atoms with E-state index in [2.05, 4.69) is 221 Å². The maximum Gasteiger partial charge on any atom is 0.143 e. The third kappa shape index (κ3) is 4.82. The largest absolute Gasteiger partial charge is 0.455 e. The topological polar surface area (TPSA) is 16.4 Å². The zero-order valence-electron chi connectivity index (χ0n) is 34.3. The molecule has 0 amide bonds. The molecular weight excluding hydrogens is 727 g/mol. The van der Waals surface area contributed by atoms with Crippen LogP contribution in [0.5, 0.6) is 0 Å². The highest BCUT2D eigenvalue weighted by Crippen LogP contribution is 2.56. The second-order valence-electron chi connectivity index (χ2n) is 17.6. The first-order valence-electron chi connectivity index (χ1n) is 21.1. The lowest BCUT2D eigenvalue weighted by atomic mass is 9.78. The summed E-state index contributed by atoms with van der Waals surface area (Å²) in [7, 11) is 0. The number of hydrogen-bond donors (Lipinski definition) is 0. The van der Waals surface area contributed by atoms with Crippen LogP contribution in [0.4, 0.5) is 17.1 Å². The number of fused-ring (bicyclic) bond motifs is 11. The van der Waals surface area contributed by atoms with Gasteiger partial charge in [-0.15, -0.1) is 0 Å². The summed E-state index contributed by atoms with van der Waals surface area (Å²) in [5, 5.41) is 4.56. The highest BCUT2D eigenvalue weighted by atomic mass is 16.3. The molecule has 0 saturated carbocycles. The molecule has 0 spiro atoms. The first-order valence-corrected chi connectivity index (χ1v) is 21.1. The predicted molar refractivity (Wildman–Crippen MR) is 252 cm³/mol. The maximum atomic E-state index is 6.75. The van der Waals surface area contributed by atoms with Gasteiger partial charge in [0, 0.05) is 43.8 Å². The summed E-state index contributed by atoms with van der Waals surface area (Å²) in [6, 6.07) is 69.3. The fraction of sp³-hybridized carbons (Fsp3) is 0.103. The van der Waals surface area contributed by atoms with E-state index in [0.717, 1.165) is 55.5 Å². The Hall–Kier alpha value is -7.16. The molecule has 0 aliphatic heterocycles. The summed E-state index contributed by atoms with van der Waals surface area (Å²) in [6.45, 7) is 9.51. The third-order valence-corrected chi connectivity index (χ3v) is 13.7. The van der Waals surface area contributed by atoms with Crippen molar-refractivity contribution in [3.63, 3.8) is 0 Å². The molecule has 0 atom stereocenters. The van der Waals surface area contributed by atoms with Crippen LogP contribution in [-0.4, -0.2) is 0 Å². The molecular formula is C58H43NO. The molecule has 0 unspecified atom stereocenters. The number of nitrogens with zero attached hydrogens (tertiary/aromatic N) is 1. The van der Waals surface area contributed by atoms with E-state index in [4.69, 9.17) is 4.42 Å². The van der Waals surface area contributed by atoms with Crippen molar-refractivity contribution >= 4 is 49.8 Å². The molecule has 12 rings (SSSR count). The first kappa shape index (κ1) is 34.8. The molecule has 0 N–H and O–H groups in total. The van der Waals surface area contributed by atoms with Crippen LogP contribution in [0.3, 0.4) is 0 Å². The Morgan fingerprint density at radius 3 is 1.67 bits per heavy atom. The molecule has 1 aromatic heterocycles. The van der Waals surface area contributed by atoms with E-state index in [-0.39, 0.29) is 10.8 Å². The Morgan fingerprint density at radius 2 is 0.917 bits per heavy atom. The SMILES string of the molecule is CC1(C)c2ccccc2-c2ccc(N(c3ccccc3-c3cccc4c3C(C)(C)c3ccccc3-4)c3ccccc3-c3cccc4oc5c6ccccc6ccc5c34)cc21. The monoisotopic (exact) mass is 769 g/mol. The van der Waals surface area contributed by atoms with Gasteiger partial charge < -0.3 is 9.32 Å². The van der Waals surface area contributed by atoms with E-state index < -0.39 is 0 Å². The minimum atomic E-state index is -0.177. The molecule has 2 nitrogen and oxygen atoms in total. The summed E-state index contributed by atoms with van der Waals surface area (Å²) in [6.07, 6.45) is 0. The molecule has 0 bridgehead atoms. The summed E-state index contributed by atoms with van der Waals surface area (Å²) in [4.78, 5) is 2.52. The van der Waals surface area contributed by atoms with Crippen molar-refractivity contribution in [2.24, 2.45) is 0 Å². The Kier molecular flexibility index (Phi) is 7.36. The van der Waals surface area contributed by atoms with Gasteiger partial charge in [-0.3, -0.25) is 0 Å². The molecule has 286 valence electrons. The van der Waals surface area contributed by atoms with Crippen molar-refractivity contribution in [3.8, 4) is 44.5 Å². The fourth-order valence-electron chi connectivity index (χ4n) is 10.9. The zero-order chi connectivity index (χ0) is 40.3. The Balaban J connectivity index is 1.14. The van der Waals surface area contributed by atoms with Crippen LogP contribution in [0.1, 0.15) is 49.9 Å². The second kappa shape index (κ2) is 12.7. The van der Waals surface area contributed by atoms with E-state index in [0.29, 0.717) is 0 Å². The first-order chi connectivity index (χ1) is 29.3. The number of benzene rings is 9. The molecule has 0 radical (unpaired) electrons. The molecule has 2 heteroatoms. The van der Waals surface area contributed by atoms with Crippen molar-refractivity contribution in [2.45, 2.75) is 38.5 Å². The van der Waals surface area contributed by atoms with Gasteiger partial charge in [0.2, 0.25) is 0 Å². The lowest BCUT2D eigenvalue weighted by molar-refractivity contribution is 0.660. The van der Waals surface area contributed by atoms with E-state index in [9.17, 15) is 0 Å². The van der Waals surface area contributed by atoms with Gasteiger partial charge in [0.05, 0.1) is 11.4 Å². The standard InChI is InChI=1S/C58H43NO/c1-57(2)48-26-11-7-19-39(48)41-34-32-37(35-50(41)57)59(52-29-14-10-22-43(52)46-25-15-24-45-40-20-8-12-27-49(40)58(3,4)55(45)46)51-28-13-9-21-42(51)44-23-16-30-53-54(44)47-33-31-36-17-5-6-18-38(36)56(47)60-53/h5-35H,1-4H3. The Bertz CT molecular complexity index is 3400. The lowest BCUT2D eigenvalue weighted by Gasteiger charge is -2.32. The molecule has 0 fully saturated rings. The van der Waals surface area contributed by atoms with Crippen LogP contribution < -0.4 is 4.90 Å². The number of hydrogen-bond acceptors (Lipinski definition) is 2. The van der Waals surface area contributed by atoms with Gasteiger partial charge in [0.25, 0.3) is 0 Å². The number of rotatable bonds is 5. The van der Waals surface area contributed by atoms with Crippen molar-refractivity contribution in [2.75, 3.05) is 4.90 Å². The van der Waals surface area contributed by atoms with Gasteiger partial charge in [-0.25, -0.2) is 0 Å². The number of furan rings is 1. The van der Waals surface area contributed by atoms with E-state index in [1.807, 2.05) is 0 Å². The molecule has 0 saturated heterocycles. The van der Waals surface area contributed by atoms with Crippen molar-refractivity contribution in [3.05, 3.63) is 210 Å². The van der Waals surface area contributed by atoms with E-state index in [1.165, 1.54) is 61.0 Å². The summed E-state index contributed by atoms with van der Waals surface area (Å²) in [5.74, 6) is 0. The smallest absolute Gasteiger partial charge is 0.143 e. The van der Waals surface area contributed by atoms with Crippen LogP contribution in [0.25, 0.3) is 77.2 Å². The highest BCUT2D eigenvalue weighted by molar-refractivity contribution is 6.20. The van der Waals surface area contributed by atoms with Gasteiger partial charge in [-0.1, -0.05) is 179 Å². The fourth-order valence-corrected chi connectivity index (χ4v) is 10.9. The van der Waals surface area contributed by atoms with Crippen LogP contribution >= 0.6 is 0 Å². The number of anilines is 3. The van der Waals surface area contributed by atoms with Crippen molar-refractivity contribution in [1.82, 2.24) is 0 Å². The summed E-state index contributed by atoms with van der Waals surface area (Å²) >= 11 is 0. The number of para-hydroxylation sites is 2. The minimum absolute atomic E-state index is 0.160. The molecule has 60 heavy (non-hydrogen) atoms. The molecule has 1 heterocycles. The second-order valence-corrected chi connectivity index (χ2v) is 17.6. The molecule has 9 aromatic carbocycles. The van der Waals surface area contributed by atoms with Crippen molar-refractivity contribution in [1.29, 1.82) is 0 Å². The van der Waals surface area contributed by atoms with Gasteiger partial charge in [-0.05, 0) is 97.4 Å². The van der Waals surface area contributed by atoms with Crippen molar-refractivity contribution < 1.29 is 4.42 Å². The van der Waals surface area contributed by atoms with Crippen LogP contribution in [-0.2, 0) is 10.8 Å². The van der Waals surface area contributed by atoms with Crippen LogP contribution in [0.15, 0.2) is 192 Å².